The van der Waals surface area contributed by atoms with E-state index >= 15 is 0 Å². The zero-order valence-corrected chi connectivity index (χ0v) is 14.9. The number of carbonyl (C=O) groups is 1. The Hall–Kier alpha value is -1.35. The summed E-state index contributed by atoms with van der Waals surface area (Å²) in [6.07, 6.45) is 5.83. The summed E-state index contributed by atoms with van der Waals surface area (Å²) in [4.78, 5) is 14.8. The van der Waals surface area contributed by atoms with Crippen molar-refractivity contribution >= 4 is 5.91 Å². The Kier molecular flexibility index (Phi) is 7.10. The first-order valence-electron chi connectivity index (χ1n) is 9.14. The lowest BCUT2D eigenvalue weighted by molar-refractivity contribution is -0.126. The third-order valence-corrected chi connectivity index (χ3v) is 4.83. The number of nitrogens with one attached hydrogen (secondary N) is 1. The quantitative estimate of drug-likeness (QED) is 0.825. The molecule has 1 aliphatic rings. The van der Waals surface area contributed by atoms with Crippen LogP contribution in [0.25, 0.3) is 0 Å². The summed E-state index contributed by atoms with van der Waals surface area (Å²) in [5, 5.41) is 3.24. The van der Waals surface area contributed by atoms with Crippen molar-refractivity contribution in [2.75, 3.05) is 6.54 Å². The highest BCUT2D eigenvalue weighted by atomic mass is 16.1. The van der Waals surface area contributed by atoms with Crippen molar-refractivity contribution in [3.63, 3.8) is 0 Å². The van der Waals surface area contributed by atoms with Gasteiger partial charge in [0, 0.05) is 31.1 Å². The topological polar surface area (TPSA) is 32.3 Å². The average molecular weight is 316 g/mol. The molecule has 1 atom stereocenters. The SMILES string of the molecule is CC(CN(Cc1ccccc1)C(C)C)NC(=O)C1CCCCC1. The molecule has 0 heterocycles. The molecule has 128 valence electrons. The number of rotatable bonds is 7. The lowest BCUT2D eigenvalue weighted by Crippen LogP contribution is -2.46. The van der Waals surface area contributed by atoms with Crippen LogP contribution in [0.15, 0.2) is 30.3 Å². The average Bonchev–Trinajstić information content (AvgIpc) is 2.56. The van der Waals surface area contributed by atoms with Crippen LogP contribution in [0, 0.1) is 5.92 Å². The van der Waals surface area contributed by atoms with Crippen molar-refractivity contribution < 1.29 is 4.79 Å². The summed E-state index contributed by atoms with van der Waals surface area (Å²) in [6, 6.07) is 11.2. The van der Waals surface area contributed by atoms with Crippen LogP contribution in [0.4, 0.5) is 0 Å². The van der Waals surface area contributed by atoms with Crippen molar-refractivity contribution in [3.05, 3.63) is 35.9 Å². The number of benzene rings is 1. The molecule has 3 nitrogen and oxygen atoms in total. The molecule has 0 aliphatic heterocycles. The van der Waals surface area contributed by atoms with E-state index in [9.17, 15) is 4.79 Å². The van der Waals surface area contributed by atoms with Crippen LogP contribution in [0.2, 0.25) is 0 Å². The van der Waals surface area contributed by atoms with E-state index in [0.717, 1.165) is 25.9 Å². The second-order valence-electron chi connectivity index (χ2n) is 7.25. The van der Waals surface area contributed by atoms with Gasteiger partial charge >= 0.3 is 0 Å². The van der Waals surface area contributed by atoms with Gasteiger partial charge in [0.15, 0.2) is 0 Å². The predicted octanol–water partition coefficient (Wildman–Crippen LogP) is 3.98. The molecule has 0 bridgehead atoms. The van der Waals surface area contributed by atoms with Gasteiger partial charge in [-0.2, -0.15) is 0 Å². The van der Waals surface area contributed by atoms with Crippen molar-refractivity contribution in [2.45, 2.75) is 71.5 Å². The highest BCUT2D eigenvalue weighted by Gasteiger charge is 2.23. The summed E-state index contributed by atoms with van der Waals surface area (Å²) < 4.78 is 0. The van der Waals surface area contributed by atoms with Gasteiger partial charge < -0.3 is 5.32 Å². The van der Waals surface area contributed by atoms with Crippen LogP contribution < -0.4 is 5.32 Å². The van der Waals surface area contributed by atoms with Crippen LogP contribution >= 0.6 is 0 Å². The van der Waals surface area contributed by atoms with E-state index in [2.05, 4.69) is 61.3 Å². The van der Waals surface area contributed by atoms with Gasteiger partial charge in [-0.3, -0.25) is 9.69 Å². The molecule has 23 heavy (non-hydrogen) atoms. The Morgan fingerprint density at radius 3 is 2.39 bits per heavy atom. The molecule has 0 aromatic heterocycles. The maximum Gasteiger partial charge on any atom is 0.223 e. The van der Waals surface area contributed by atoms with Crippen molar-refractivity contribution in [1.29, 1.82) is 0 Å². The van der Waals surface area contributed by atoms with Crippen molar-refractivity contribution in [2.24, 2.45) is 5.92 Å². The summed E-state index contributed by atoms with van der Waals surface area (Å²) in [5.74, 6) is 0.508. The summed E-state index contributed by atoms with van der Waals surface area (Å²) in [7, 11) is 0. The summed E-state index contributed by atoms with van der Waals surface area (Å²) in [5.41, 5.74) is 1.33. The van der Waals surface area contributed by atoms with Crippen LogP contribution in [-0.4, -0.2) is 29.4 Å². The molecule has 2 rings (SSSR count). The molecule has 1 saturated carbocycles. The van der Waals surface area contributed by atoms with Gasteiger partial charge in [-0.05, 0) is 39.2 Å². The Bertz CT molecular complexity index is 466. The van der Waals surface area contributed by atoms with E-state index in [-0.39, 0.29) is 17.9 Å². The number of nitrogens with zero attached hydrogens (tertiary/aromatic N) is 1. The second-order valence-corrected chi connectivity index (χ2v) is 7.25. The summed E-state index contributed by atoms with van der Waals surface area (Å²) >= 11 is 0. The molecule has 3 heteroatoms. The monoisotopic (exact) mass is 316 g/mol. The molecular formula is C20H32N2O. The first-order chi connectivity index (χ1) is 11.1. The first kappa shape index (κ1) is 18.0. The van der Waals surface area contributed by atoms with Crippen LogP contribution in [-0.2, 0) is 11.3 Å². The summed E-state index contributed by atoms with van der Waals surface area (Å²) in [6.45, 7) is 8.39. The number of amides is 1. The molecular weight excluding hydrogens is 284 g/mol. The predicted molar refractivity (Wildman–Crippen MR) is 96.2 cm³/mol. The van der Waals surface area contributed by atoms with Crippen molar-refractivity contribution in [3.8, 4) is 0 Å². The Morgan fingerprint density at radius 1 is 1.13 bits per heavy atom. The van der Waals surface area contributed by atoms with E-state index in [0.29, 0.717) is 6.04 Å². The molecule has 1 fully saturated rings. The van der Waals surface area contributed by atoms with E-state index in [1.807, 2.05) is 0 Å². The molecule has 0 radical (unpaired) electrons. The zero-order valence-electron chi connectivity index (χ0n) is 14.9. The van der Waals surface area contributed by atoms with Crippen LogP contribution in [0.1, 0.15) is 58.4 Å². The Balaban J connectivity index is 1.85. The molecule has 1 unspecified atom stereocenters. The number of carbonyl (C=O) groups excluding carboxylic acids is 1. The molecule has 1 aromatic carbocycles. The fourth-order valence-corrected chi connectivity index (χ4v) is 3.40. The van der Waals surface area contributed by atoms with Crippen molar-refractivity contribution in [1.82, 2.24) is 10.2 Å². The van der Waals surface area contributed by atoms with Gasteiger partial charge in [0.25, 0.3) is 0 Å². The van der Waals surface area contributed by atoms with Gasteiger partial charge in [0.2, 0.25) is 5.91 Å². The third-order valence-electron chi connectivity index (χ3n) is 4.83. The molecule has 1 aromatic rings. The van der Waals surface area contributed by atoms with Gasteiger partial charge in [-0.15, -0.1) is 0 Å². The van der Waals surface area contributed by atoms with Gasteiger partial charge in [-0.25, -0.2) is 0 Å². The fraction of sp³-hybridized carbons (Fsp3) is 0.650. The first-order valence-corrected chi connectivity index (χ1v) is 9.14. The van der Waals surface area contributed by atoms with Gasteiger partial charge in [0.1, 0.15) is 0 Å². The minimum atomic E-state index is 0.190. The van der Waals surface area contributed by atoms with Gasteiger partial charge in [0.05, 0.1) is 0 Å². The Labute approximate surface area is 141 Å². The minimum absolute atomic E-state index is 0.190. The van der Waals surface area contributed by atoms with Gasteiger partial charge in [-0.1, -0.05) is 49.6 Å². The normalized spacial score (nSPS) is 17.4. The minimum Gasteiger partial charge on any atom is -0.352 e. The third kappa shape index (κ3) is 5.98. The molecule has 1 amide bonds. The smallest absolute Gasteiger partial charge is 0.223 e. The number of hydrogen-bond donors (Lipinski definition) is 1. The van der Waals surface area contributed by atoms with Crippen LogP contribution in [0.3, 0.4) is 0 Å². The maximum atomic E-state index is 12.4. The van der Waals surface area contributed by atoms with E-state index < -0.39 is 0 Å². The molecule has 1 aliphatic carbocycles. The zero-order chi connectivity index (χ0) is 16.7. The molecule has 0 spiro atoms. The highest BCUT2D eigenvalue weighted by Crippen LogP contribution is 2.23. The van der Waals surface area contributed by atoms with E-state index in [1.54, 1.807) is 0 Å². The second kappa shape index (κ2) is 9.07. The van der Waals surface area contributed by atoms with E-state index in [1.165, 1.54) is 24.8 Å². The molecule has 0 saturated heterocycles. The Morgan fingerprint density at radius 2 is 1.78 bits per heavy atom. The molecule has 1 N–H and O–H groups in total. The lowest BCUT2D eigenvalue weighted by atomic mass is 9.88. The number of hydrogen-bond acceptors (Lipinski definition) is 2. The lowest BCUT2D eigenvalue weighted by Gasteiger charge is -2.31. The largest absolute Gasteiger partial charge is 0.352 e. The van der Waals surface area contributed by atoms with Crippen LogP contribution in [0.5, 0.6) is 0 Å². The fourth-order valence-electron chi connectivity index (χ4n) is 3.40. The van der Waals surface area contributed by atoms with E-state index in [4.69, 9.17) is 0 Å². The highest BCUT2D eigenvalue weighted by molar-refractivity contribution is 5.78. The standard InChI is InChI=1S/C20H32N2O/c1-16(2)22(15-18-10-6-4-7-11-18)14-17(3)21-20(23)19-12-8-5-9-13-19/h4,6-7,10-11,16-17,19H,5,8-9,12-15H2,1-3H3,(H,21,23). The maximum absolute atomic E-state index is 12.4.